The topological polar surface area (TPSA) is 70.6 Å². The predicted octanol–water partition coefficient (Wildman–Crippen LogP) is 2.09. The van der Waals surface area contributed by atoms with Crippen LogP contribution in [-0.4, -0.2) is 42.5 Å². The third kappa shape index (κ3) is 8.64. The third-order valence-electron chi connectivity index (χ3n) is 3.00. The molecule has 0 radical (unpaired) electrons. The van der Waals surface area contributed by atoms with Crippen LogP contribution in [0.5, 0.6) is 0 Å². The molecule has 0 fully saturated rings. The van der Waals surface area contributed by atoms with E-state index in [2.05, 4.69) is 10.6 Å². The zero-order valence-corrected chi connectivity index (χ0v) is 13.8. The van der Waals surface area contributed by atoms with Gasteiger partial charge in [0, 0.05) is 12.6 Å². The van der Waals surface area contributed by atoms with Gasteiger partial charge in [-0.05, 0) is 45.7 Å². The smallest absolute Gasteiger partial charge is 0.407 e. The number of nitrogens with one attached hydrogen (secondary N) is 2. The number of alkyl carbamates (subject to hydrolysis) is 1. The quantitative estimate of drug-likeness (QED) is 0.643. The number of ether oxygens (including phenoxy) is 1. The van der Waals surface area contributed by atoms with Crippen LogP contribution in [0.2, 0.25) is 0 Å². The van der Waals surface area contributed by atoms with Crippen LogP contribution in [0.3, 0.4) is 0 Å². The number of amides is 1. The summed E-state index contributed by atoms with van der Waals surface area (Å²) in [6.45, 7) is 6.88. The van der Waals surface area contributed by atoms with Gasteiger partial charge in [0.05, 0.1) is 6.61 Å². The molecule has 22 heavy (non-hydrogen) atoms. The van der Waals surface area contributed by atoms with Crippen LogP contribution in [0.25, 0.3) is 0 Å². The molecule has 124 valence electrons. The summed E-state index contributed by atoms with van der Waals surface area (Å²) in [7, 11) is 0. The number of carbonyl (C=O) groups is 1. The summed E-state index contributed by atoms with van der Waals surface area (Å²) in [5, 5.41) is 15.4. The molecule has 0 aliphatic carbocycles. The van der Waals surface area contributed by atoms with E-state index in [0.29, 0.717) is 6.54 Å². The number of hydrogen-bond acceptors (Lipinski definition) is 4. The van der Waals surface area contributed by atoms with Crippen molar-refractivity contribution in [2.75, 3.05) is 19.7 Å². The van der Waals surface area contributed by atoms with Gasteiger partial charge in [-0.3, -0.25) is 0 Å². The Morgan fingerprint density at radius 2 is 1.91 bits per heavy atom. The van der Waals surface area contributed by atoms with Crippen molar-refractivity contribution >= 4 is 6.09 Å². The van der Waals surface area contributed by atoms with Crippen molar-refractivity contribution in [3.05, 3.63) is 35.9 Å². The van der Waals surface area contributed by atoms with E-state index in [4.69, 9.17) is 4.74 Å². The summed E-state index contributed by atoms with van der Waals surface area (Å²) in [6.07, 6.45) is 1.18. The fourth-order valence-electron chi connectivity index (χ4n) is 2.00. The molecular formula is C17H28N2O3. The fraction of sp³-hybridized carbons (Fsp3) is 0.588. The van der Waals surface area contributed by atoms with Gasteiger partial charge in [-0.25, -0.2) is 4.79 Å². The summed E-state index contributed by atoms with van der Waals surface area (Å²) in [5.41, 5.74) is 0.723. The zero-order chi connectivity index (χ0) is 16.4. The standard InChI is InChI=1S/C17H28N2O3/c1-17(2,3)22-16(21)19-11-7-10-18-15(13-20)12-14-8-5-4-6-9-14/h4-6,8-9,15,18,20H,7,10-13H2,1-3H3,(H,19,21). The maximum Gasteiger partial charge on any atom is 0.407 e. The van der Waals surface area contributed by atoms with Gasteiger partial charge in [0.15, 0.2) is 0 Å². The molecule has 0 aromatic heterocycles. The molecule has 0 heterocycles. The maximum atomic E-state index is 11.5. The van der Waals surface area contributed by atoms with Gasteiger partial charge in [0.1, 0.15) is 5.60 Å². The molecule has 1 aromatic carbocycles. The van der Waals surface area contributed by atoms with E-state index in [-0.39, 0.29) is 12.6 Å². The number of aliphatic hydroxyl groups excluding tert-OH is 1. The summed E-state index contributed by atoms with van der Waals surface area (Å²) in [4.78, 5) is 11.5. The average molecular weight is 308 g/mol. The van der Waals surface area contributed by atoms with Gasteiger partial charge in [-0.15, -0.1) is 0 Å². The highest BCUT2D eigenvalue weighted by molar-refractivity contribution is 5.67. The van der Waals surface area contributed by atoms with Crippen LogP contribution < -0.4 is 10.6 Å². The molecule has 0 spiro atoms. The Balaban J connectivity index is 2.16. The van der Waals surface area contributed by atoms with Crippen LogP contribution in [0.1, 0.15) is 32.8 Å². The van der Waals surface area contributed by atoms with Crippen molar-refractivity contribution in [2.45, 2.75) is 45.3 Å². The van der Waals surface area contributed by atoms with Crippen LogP contribution >= 0.6 is 0 Å². The normalized spacial score (nSPS) is 12.7. The van der Waals surface area contributed by atoms with Crippen molar-refractivity contribution in [3.8, 4) is 0 Å². The second-order valence-corrected chi connectivity index (χ2v) is 6.31. The molecule has 0 bridgehead atoms. The molecule has 1 unspecified atom stereocenters. The Hall–Kier alpha value is -1.59. The van der Waals surface area contributed by atoms with Crippen LogP contribution in [-0.2, 0) is 11.2 Å². The first-order chi connectivity index (χ1) is 10.4. The molecule has 1 amide bonds. The third-order valence-corrected chi connectivity index (χ3v) is 3.00. The first kappa shape index (κ1) is 18.5. The Bertz CT molecular complexity index is 429. The highest BCUT2D eigenvalue weighted by Gasteiger charge is 2.15. The van der Waals surface area contributed by atoms with Crippen LogP contribution in [0.15, 0.2) is 30.3 Å². The number of aliphatic hydroxyl groups is 1. The molecule has 3 N–H and O–H groups in total. The number of hydrogen-bond donors (Lipinski definition) is 3. The van der Waals surface area contributed by atoms with Gasteiger partial charge in [0.2, 0.25) is 0 Å². The molecule has 1 rings (SSSR count). The van der Waals surface area contributed by atoms with Crippen molar-refractivity contribution in [1.82, 2.24) is 10.6 Å². The van der Waals surface area contributed by atoms with Crippen molar-refractivity contribution in [3.63, 3.8) is 0 Å². The maximum absolute atomic E-state index is 11.5. The zero-order valence-electron chi connectivity index (χ0n) is 13.8. The second-order valence-electron chi connectivity index (χ2n) is 6.31. The number of carbonyl (C=O) groups excluding carboxylic acids is 1. The SMILES string of the molecule is CC(C)(C)OC(=O)NCCCNC(CO)Cc1ccccc1. The monoisotopic (exact) mass is 308 g/mol. The van der Waals surface area contributed by atoms with E-state index in [0.717, 1.165) is 19.4 Å². The fourth-order valence-corrected chi connectivity index (χ4v) is 2.00. The van der Waals surface area contributed by atoms with Gasteiger partial charge in [0.25, 0.3) is 0 Å². The molecule has 0 aliphatic rings. The van der Waals surface area contributed by atoms with E-state index < -0.39 is 11.7 Å². The van der Waals surface area contributed by atoms with E-state index in [1.165, 1.54) is 5.56 Å². The van der Waals surface area contributed by atoms with Crippen molar-refractivity contribution in [2.24, 2.45) is 0 Å². The summed E-state index contributed by atoms with van der Waals surface area (Å²) >= 11 is 0. The second kappa shape index (κ2) is 9.43. The van der Waals surface area contributed by atoms with E-state index in [9.17, 15) is 9.90 Å². The van der Waals surface area contributed by atoms with E-state index in [1.807, 2.05) is 51.1 Å². The Labute approximate surface area is 133 Å². The van der Waals surface area contributed by atoms with Gasteiger partial charge in [-0.2, -0.15) is 0 Å². The number of rotatable bonds is 8. The van der Waals surface area contributed by atoms with Crippen LogP contribution in [0.4, 0.5) is 4.79 Å². The first-order valence-corrected chi connectivity index (χ1v) is 7.76. The molecule has 0 saturated heterocycles. The van der Waals surface area contributed by atoms with E-state index >= 15 is 0 Å². The Morgan fingerprint density at radius 1 is 1.23 bits per heavy atom. The lowest BCUT2D eigenvalue weighted by Crippen LogP contribution is -2.37. The van der Waals surface area contributed by atoms with Gasteiger partial charge >= 0.3 is 6.09 Å². The van der Waals surface area contributed by atoms with Gasteiger partial charge < -0.3 is 20.5 Å². The Morgan fingerprint density at radius 3 is 2.50 bits per heavy atom. The minimum Gasteiger partial charge on any atom is -0.444 e. The molecule has 5 nitrogen and oxygen atoms in total. The van der Waals surface area contributed by atoms with Crippen molar-refractivity contribution < 1.29 is 14.6 Å². The molecule has 1 atom stereocenters. The molecule has 0 saturated carbocycles. The minimum absolute atomic E-state index is 0.0314. The lowest BCUT2D eigenvalue weighted by atomic mass is 10.1. The largest absolute Gasteiger partial charge is 0.444 e. The molecular weight excluding hydrogens is 280 g/mol. The van der Waals surface area contributed by atoms with Gasteiger partial charge in [-0.1, -0.05) is 30.3 Å². The highest BCUT2D eigenvalue weighted by atomic mass is 16.6. The Kier molecular flexibility index (Phi) is 7.91. The average Bonchev–Trinajstić information content (AvgIpc) is 2.45. The van der Waals surface area contributed by atoms with Crippen LogP contribution in [0, 0.1) is 0 Å². The summed E-state index contributed by atoms with van der Waals surface area (Å²) in [6, 6.07) is 10.1. The highest BCUT2D eigenvalue weighted by Crippen LogP contribution is 2.06. The summed E-state index contributed by atoms with van der Waals surface area (Å²) in [5.74, 6) is 0. The van der Waals surface area contributed by atoms with Crippen molar-refractivity contribution in [1.29, 1.82) is 0 Å². The number of benzene rings is 1. The molecule has 1 aromatic rings. The minimum atomic E-state index is -0.472. The lowest BCUT2D eigenvalue weighted by molar-refractivity contribution is 0.0527. The predicted molar refractivity (Wildman–Crippen MR) is 87.9 cm³/mol. The lowest BCUT2D eigenvalue weighted by Gasteiger charge is -2.20. The van der Waals surface area contributed by atoms with E-state index in [1.54, 1.807) is 0 Å². The molecule has 0 aliphatic heterocycles. The molecule has 5 heteroatoms. The first-order valence-electron chi connectivity index (χ1n) is 7.76. The summed E-state index contributed by atoms with van der Waals surface area (Å²) < 4.78 is 5.16.